The summed E-state index contributed by atoms with van der Waals surface area (Å²) in [5.41, 5.74) is 6.01. The van der Waals surface area contributed by atoms with Gasteiger partial charge in [-0.05, 0) is 32.0 Å². The Morgan fingerprint density at radius 2 is 2.14 bits per heavy atom. The van der Waals surface area contributed by atoms with Crippen LogP contribution in [0.25, 0.3) is 0 Å². The van der Waals surface area contributed by atoms with E-state index >= 15 is 0 Å². The van der Waals surface area contributed by atoms with Crippen molar-refractivity contribution in [2.75, 3.05) is 22.9 Å². The molecular weight excluding hydrogens is 273 g/mol. The van der Waals surface area contributed by atoms with Crippen LogP contribution in [0, 0.1) is 5.82 Å². The highest BCUT2D eigenvalue weighted by atomic mass is 19.1. The van der Waals surface area contributed by atoms with Crippen molar-refractivity contribution in [1.29, 1.82) is 0 Å². The second-order valence-electron chi connectivity index (χ2n) is 5.31. The minimum Gasteiger partial charge on any atom is -0.399 e. The van der Waals surface area contributed by atoms with E-state index in [1.165, 1.54) is 0 Å². The molecule has 0 aliphatic rings. The number of hydrogen-bond donors (Lipinski definition) is 4. The normalized spacial score (nSPS) is 11.2. The van der Waals surface area contributed by atoms with Crippen molar-refractivity contribution in [3.63, 3.8) is 0 Å². The lowest BCUT2D eigenvalue weighted by Crippen LogP contribution is -2.30. The highest BCUT2D eigenvalue weighted by Crippen LogP contribution is 2.18. The van der Waals surface area contributed by atoms with Crippen LogP contribution >= 0.6 is 0 Å². The fourth-order valence-corrected chi connectivity index (χ4v) is 1.60. The number of nitrogens with two attached hydrogens (primary N) is 1. The molecule has 2 rings (SSSR count). The fourth-order valence-electron chi connectivity index (χ4n) is 1.60. The van der Waals surface area contributed by atoms with E-state index in [-0.39, 0.29) is 18.3 Å². The van der Waals surface area contributed by atoms with Crippen LogP contribution in [0.1, 0.15) is 13.8 Å². The molecule has 21 heavy (non-hydrogen) atoms. The predicted octanol–water partition coefficient (Wildman–Crippen LogP) is 2.12. The molecule has 0 fully saturated rings. The van der Waals surface area contributed by atoms with Gasteiger partial charge in [0.2, 0.25) is 5.95 Å². The lowest BCUT2D eigenvalue weighted by molar-refractivity contribution is 0.0943. The molecule has 0 aliphatic carbocycles. The Hall–Kier alpha value is -2.41. The van der Waals surface area contributed by atoms with E-state index in [4.69, 9.17) is 5.73 Å². The smallest absolute Gasteiger partial charge is 0.229 e. The van der Waals surface area contributed by atoms with Gasteiger partial charge in [-0.1, -0.05) is 6.07 Å². The third-order valence-electron chi connectivity index (χ3n) is 2.58. The number of aliphatic hydroxyl groups is 1. The molecule has 5 N–H and O–H groups in total. The Labute approximate surface area is 122 Å². The fraction of sp³-hybridized carbons (Fsp3) is 0.286. The molecule has 112 valence electrons. The topological polar surface area (TPSA) is 96.1 Å². The van der Waals surface area contributed by atoms with Crippen molar-refractivity contribution >= 4 is 23.1 Å². The van der Waals surface area contributed by atoms with Crippen molar-refractivity contribution in [2.24, 2.45) is 0 Å². The largest absolute Gasteiger partial charge is 0.399 e. The maximum absolute atomic E-state index is 13.6. The van der Waals surface area contributed by atoms with E-state index in [9.17, 15) is 9.50 Å². The molecule has 0 saturated heterocycles. The maximum atomic E-state index is 13.6. The van der Waals surface area contributed by atoms with Crippen molar-refractivity contribution in [3.8, 4) is 0 Å². The Bertz CT molecular complexity index is 627. The summed E-state index contributed by atoms with van der Waals surface area (Å²) in [6.07, 6.45) is 1.06. The van der Waals surface area contributed by atoms with Crippen LogP contribution in [0.5, 0.6) is 0 Å². The second kappa shape index (κ2) is 5.92. The third kappa shape index (κ3) is 4.57. The van der Waals surface area contributed by atoms with Gasteiger partial charge >= 0.3 is 0 Å². The number of aromatic nitrogens is 2. The van der Waals surface area contributed by atoms with Crippen molar-refractivity contribution in [1.82, 2.24) is 9.97 Å². The third-order valence-corrected chi connectivity index (χ3v) is 2.58. The van der Waals surface area contributed by atoms with Crippen molar-refractivity contribution < 1.29 is 9.50 Å². The molecule has 0 saturated carbocycles. The number of nitrogens with one attached hydrogen (secondary N) is 2. The molecule has 0 amide bonds. The van der Waals surface area contributed by atoms with E-state index < -0.39 is 11.4 Å². The summed E-state index contributed by atoms with van der Waals surface area (Å²) in [7, 11) is 0. The predicted molar refractivity (Wildman–Crippen MR) is 80.9 cm³/mol. The summed E-state index contributed by atoms with van der Waals surface area (Å²) in [5, 5.41) is 15.3. The molecule has 0 aliphatic heterocycles. The van der Waals surface area contributed by atoms with Crippen molar-refractivity contribution in [2.45, 2.75) is 19.4 Å². The molecule has 6 nitrogen and oxygen atoms in total. The maximum Gasteiger partial charge on any atom is 0.229 e. The summed E-state index contributed by atoms with van der Waals surface area (Å²) >= 11 is 0. The number of benzene rings is 1. The molecular formula is C14H18FN5O. The lowest BCUT2D eigenvalue weighted by Gasteiger charge is -2.18. The zero-order valence-corrected chi connectivity index (χ0v) is 11.9. The summed E-state index contributed by atoms with van der Waals surface area (Å²) in [6.45, 7) is 3.40. The molecule has 1 aromatic carbocycles. The first-order valence-corrected chi connectivity index (χ1v) is 6.45. The first-order chi connectivity index (χ1) is 9.83. The van der Waals surface area contributed by atoms with Gasteiger partial charge in [-0.15, -0.1) is 0 Å². The van der Waals surface area contributed by atoms with Gasteiger partial charge in [0.1, 0.15) is 0 Å². The van der Waals surface area contributed by atoms with Gasteiger partial charge in [-0.3, -0.25) is 0 Å². The monoisotopic (exact) mass is 291 g/mol. The average molecular weight is 291 g/mol. The van der Waals surface area contributed by atoms with Gasteiger partial charge in [-0.25, -0.2) is 9.37 Å². The second-order valence-corrected chi connectivity index (χ2v) is 5.31. The Balaban J connectivity index is 2.14. The minimum atomic E-state index is -0.973. The van der Waals surface area contributed by atoms with Gasteiger partial charge in [0.25, 0.3) is 0 Å². The van der Waals surface area contributed by atoms with Gasteiger partial charge in [0, 0.05) is 17.9 Å². The molecule has 1 aromatic heterocycles. The number of rotatable bonds is 5. The SMILES string of the molecule is CC(C)(O)CNc1nc(Nc2cccc(N)c2)ncc1F. The number of nitrogen functional groups attached to an aromatic ring is 1. The van der Waals surface area contributed by atoms with E-state index in [0.29, 0.717) is 11.4 Å². The van der Waals surface area contributed by atoms with E-state index in [1.54, 1.807) is 38.1 Å². The first kappa shape index (κ1) is 15.0. The zero-order valence-electron chi connectivity index (χ0n) is 11.9. The Morgan fingerprint density at radius 1 is 1.38 bits per heavy atom. The van der Waals surface area contributed by atoms with Gasteiger partial charge in [0.15, 0.2) is 11.6 Å². The van der Waals surface area contributed by atoms with Crippen LogP contribution in [-0.2, 0) is 0 Å². The van der Waals surface area contributed by atoms with Gasteiger partial charge in [-0.2, -0.15) is 4.98 Å². The number of nitrogens with zero attached hydrogens (tertiary/aromatic N) is 2. The van der Waals surface area contributed by atoms with E-state index in [1.807, 2.05) is 0 Å². The number of halogens is 1. The Morgan fingerprint density at radius 3 is 2.81 bits per heavy atom. The van der Waals surface area contributed by atoms with Gasteiger partial charge in [0.05, 0.1) is 11.8 Å². The summed E-state index contributed by atoms with van der Waals surface area (Å²) < 4.78 is 13.6. The van der Waals surface area contributed by atoms with Crippen LogP contribution in [-0.4, -0.2) is 27.2 Å². The molecule has 0 unspecified atom stereocenters. The quantitative estimate of drug-likeness (QED) is 0.630. The van der Waals surface area contributed by atoms with E-state index in [2.05, 4.69) is 20.6 Å². The van der Waals surface area contributed by atoms with Crippen LogP contribution in [0.3, 0.4) is 0 Å². The summed E-state index contributed by atoms with van der Waals surface area (Å²) in [5.74, 6) is -0.323. The molecule has 7 heteroatoms. The van der Waals surface area contributed by atoms with Crippen LogP contribution in [0.15, 0.2) is 30.5 Å². The minimum absolute atomic E-state index is 0.0264. The highest BCUT2D eigenvalue weighted by molar-refractivity contribution is 5.60. The molecule has 0 atom stereocenters. The molecule has 0 bridgehead atoms. The van der Waals surface area contributed by atoms with E-state index in [0.717, 1.165) is 6.20 Å². The summed E-state index contributed by atoms with van der Waals surface area (Å²) in [6, 6.07) is 7.06. The van der Waals surface area contributed by atoms with Crippen LogP contribution in [0.4, 0.5) is 27.5 Å². The summed E-state index contributed by atoms with van der Waals surface area (Å²) in [4.78, 5) is 7.91. The number of anilines is 4. The Kier molecular flexibility index (Phi) is 4.23. The average Bonchev–Trinajstić information content (AvgIpc) is 2.38. The molecule has 1 heterocycles. The first-order valence-electron chi connectivity index (χ1n) is 6.45. The lowest BCUT2D eigenvalue weighted by atomic mass is 10.1. The standard InChI is InChI=1S/C14H18FN5O/c1-14(2,21)8-18-12-11(15)7-17-13(20-12)19-10-5-3-4-9(16)6-10/h3-7,21H,8,16H2,1-2H3,(H2,17,18,19,20). The molecule has 2 aromatic rings. The number of hydrogen-bond acceptors (Lipinski definition) is 6. The molecule has 0 spiro atoms. The molecule has 0 radical (unpaired) electrons. The highest BCUT2D eigenvalue weighted by Gasteiger charge is 2.14. The zero-order chi connectivity index (χ0) is 15.5. The van der Waals surface area contributed by atoms with Crippen molar-refractivity contribution in [3.05, 3.63) is 36.3 Å². The van der Waals surface area contributed by atoms with Crippen LogP contribution in [0.2, 0.25) is 0 Å². The van der Waals surface area contributed by atoms with Gasteiger partial charge < -0.3 is 21.5 Å². The van der Waals surface area contributed by atoms with Crippen LogP contribution < -0.4 is 16.4 Å².